The average Bonchev–Trinajstić information content (AvgIpc) is 2.53. The van der Waals surface area contributed by atoms with Crippen molar-refractivity contribution in [2.45, 2.75) is 31.1 Å². The number of carbonyl (C=O) groups is 2. The maximum atomic E-state index is 12.5. The van der Waals surface area contributed by atoms with Crippen molar-refractivity contribution in [3.05, 3.63) is 59.2 Å². The summed E-state index contributed by atoms with van der Waals surface area (Å²) < 4.78 is 27.3. The summed E-state index contributed by atoms with van der Waals surface area (Å²) in [7, 11) is -4.00. The van der Waals surface area contributed by atoms with Crippen molar-refractivity contribution in [3.8, 4) is 0 Å². The number of nitrogens with one attached hydrogen (secondary N) is 1. The number of carboxylic acid groups (broad SMARTS) is 2. The van der Waals surface area contributed by atoms with Gasteiger partial charge in [-0.2, -0.15) is 0 Å². The number of hydrogen-bond donors (Lipinski definition) is 3. The van der Waals surface area contributed by atoms with E-state index in [4.69, 9.17) is 10.2 Å². The van der Waals surface area contributed by atoms with Crippen LogP contribution in [0, 0.1) is 0 Å². The predicted molar refractivity (Wildman–Crippen MR) is 96.3 cm³/mol. The fraction of sp³-hybridized carbons (Fsp3) is 0.222. The Bertz CT molecular complexity index is 924. The van der Waals surface area contributed by atoms with E-state index < -0.39 is 22.0 Å². The summed E-state index contributed by atoms with van der Waals surface area (Å²) in [6.45, 7) is 6.00. The molecular weight excluding hydrogens is 358 g/mol. The molecule has 2 aromatic carbocycles. The first-order valence-electron chi connectivity index (χ1n) is 7.65. The molecule has 0 atom stereocenters. The van der Waals surface area contributed by atoms with Gasteiger partial charge in [-0.25, -0.2) is 18.0 Å². The second kappa shape index (κ2) is 6.80. The molecular formula is C18H19NO6S. The van der Waals surface area contributed by atoms with Crippen molar-refractivity contribution in [3.63, 3.8) is 0 Å². The normalized spacial score (nSPS) is 11.8. The van der Waals surface area contributed by atoms with Gasteiger partial charge in [0.1, 0.15) is 0 Å². The van der Waals surface area contributed by atoms with Gasteiger partial charge in [0.25, 0.3) is 10.0 Å². The van der Waals surface area contributed by atoms with Gasteiger partial charge in [0, 0.05) is 0 Å². The van der Waals surface area contributed by atoms with E-state index in [0.717, 1.165) is 23.8 Å². The van der Waals surface area contributed by atoms with Gasteiger partial charge in [0.05, 0.1) is 21.7 Å². The van der Waals surface area contributed by atoms with Crippen molar-refractivity contribution in [1.29, 1.82) is 0 Å². The molecule has 0 saturated heterocycles. The standard InChI is InChI=1S/C18H19NO6S/c1-18(2,3)13-4-6-15(7-5-13)26(24,25)19-14-9-11(16(20)21)8-12(10-14)17(22)23/h4-10,19H,1-3H3,(H,20,21)(H,22,23). The van der Waals surface area contributed by atoms with Gasteiger partial charge in [0.15, 0.2) is 0 Å². The predicted octanol–water partition coefficient (Wildman–Crippen LogP) is 3.18. The number of hydrogen-bond acceptors (Lipinski definition) is 4. The molecule has 0 fully saturated rings. The van der Waals surface area contributed by atoms with E-state index in [0.29, 0.717) is 0 Å². The zero-order valence-electron chi connectivity index (χ0n) is 14.5. The van der Waals surface area contributed by atoms with Gasteiger partial charge >= 0.3 is 11.9 Å². The van der Waals surface area contributed by atoms with Crippen LogP contribution >= 0.6 is 0 Å². The van der Waals surface area contributed by atoms with Gasteiger partial charge in [0.2, 0.25) is 0 Å². The Hall–Kier alpha value is -2.87. The molecule has 0 bridgehead atoms. The molecule has 2 aromatic rings. The molecule has 0 aliphatic rings. The molecule has 0 unspecified atom stereocenters. The third kappa shape index (κ3) is 4.40. The van der Waals surface area contributed by atoms with Crippen LogP contribution < -0.4 is 4.72 Å². The molecule has 0 heterocycles. The second-order valence-electron chi connectivity index (χ2n) is 6.79. The number of aromatic carboxylic acids is 2. The quantitative estimate of drug-likeness (QED) is 0.736. The molecule has 0 aliphatic heterocycles. The topological polar surface area (TPSA) is 121 Å². The fourth-order valence-electron chi connectivity index (χ4n) is 2.28. The van der Waals surface area contributed by atoms with E-state index in [2.05, 4.69) is 4.72 Å². The third-order valence-corrected chi connectivity index (χ3v) is 5.11. The Morgan fingerprint density at radius 3 is 1.73 bits per heavy atom. The third-order valence-electron chi connectivity index (χ3n) is 3.71. The Morgan fingerprint density at radius 2 is 1.35 bits per heavy atom. The van der Waals surface area contributed by atoms with Crippen LogP contribution in [0.3, 0.4) is 0 Å². The summed E-state index contributed by atoms with van der Waals surface area (Å²) in [6.07, 6.45) is 0. The number of benzene rings is 2. The lowest BCUT2D eigenvalue weighted by atomic mass is 9.87. The van der Waals surface area contributed by atoms with Gasteiger partial charge in [-0.1, -0.05) is 32.9 Å². The van der Waals surface area contributed by atoms with Gasteiger partial charge in [-0.15, -0.1) is 0 Å². The largest absolute Gasteiger partial charge is 0.478 e. The van der Waals surface area contributed by atoms with Crippen LogP contribution in [-0.2, 0) is 15.4 Å². The molecule has 0 amide bonds. The van der Waals surface area contributed by atoms with Crippen LogP contribution in [0.2, 0.25) is 0 Å². The molecule has 0 saturated carbocycles. The number of rotatable bonds is 5. The van der Waals surface area contributed by atoms with Crippen molar-refractivity contribution in [2.24, 2.45) is 0 Å². The van der Waals surface area contributed by atoms with Gasteiger partial charge in [-0.3, -0.25) is 4.72 Å². The smallest absolute Gasteiger partial charge is 0.335 e. The summed E-state index contributed by atoms with van der Waals surface area (Å²) in [5.41, 5.74) is 0.0260. The highest BCUT2D eigenvalue weighted by molar-refractivity contribution is 7.92. The molecule has 0 spiro atoms. The summed E-state index contributed by atoms with van der Waals surface area (Å²) in [4.78, 5) is 22.2. The summed E-state index contributed by atoms with van der Waals surface area (Å²) in [5.74, 6) is -2.72. The first-order chi connectivity index (χ1) is 11.9. The van der Waals surface area contributed by atoms with Crippen LogP contribution in [0.4, 0.5) is 5.69 Å². The zero-order chi connectivity index (χ0) is 19.7. The van der Waals surface area contributed by atoms with E-state index in [1.54, 1.807) is 12.1 Å². The summed E-state index contributed by atoms with van der Waals surface area (Å²) in [6, 6.07) is 9.38. The highest BCUT2D eigenvalue weighted by atomic mass is 32.2. The second-order valence-corrected chi connectivity index (χ2v) is 8.47. The van der Waals surface area contributed by atoms with Crippen molar-refractivity contribution in [1.82, 2.24) is 0 Å². The van der Waals surface area contributed by atoms with Crippen molar-refractivity contribution in [2.75, 3.05) is 4.72 Å². The Labute approximate surface area is 151 Å². The highest BCUT2D eigenvalue weighted by Crippen LogP contribution is 2.25. The minimum absolute atomic E-state index is 0.0110. The number of sulfonamides is 1. The Balaban J connectivity index is 2.40. The lowest BCUT2D eigenvalue weighted by Crippen LogP contribution is -2.15. The van der Waals surface area contributed by atoms with E-state index in [1.165, 1.54) is 12.1 Å². The van der Waals surface area contributed by atoms with Crippen LogP contribution in [0.5, 0.6) is 0 Å². The van der Waals surface area contributed by atoms with Crippen molar-refractivity contribution >= 4 is 27.6 Å². The molecule has 0 aliphatic carbocycles. The van der Waals surface area contributed by atoms with Crippen LogP contribution in [0.25, 0.3) is 0 Å². The Morgan fingerprint density at radius 1 is 0.885 bits per heavy atom. The van der Waals surface area contributed by atoms with E-state index in [1.807, 2.05) is 20.8 Å². The highest BCUT2D eigenvalue weighted by Gasteiger charge is 2.19. The Kier molecular flexibility index (Phi) is 5.09. The number of carboxylic acids is 2. The van der Waals surface area contributed by atoms with E-state index in [-0.39, 0.29) is 27.1 Å². The SMILES string of the molecule is CC(C)(C)c1ccc(S(=O)(=O)Nc2cc(C(=O)O)cc(C(=O)O)c2)cc1. The molecule has 0 radical (unpaired) electrons. The minimum Gasteiger partial charge on any atom is -0.478 e. The summed E-state index contributed by atoms with van der Waals surface area (Å²) >= 11 is 0. The molecule has 138 valence electrons. The van der Waals surface area contributed by atoms with Crippen LogP contribution in [-0.4, -0.2) is 30.6 Å². The van der Waals surface area contributed by atoms with E-state index >= 15 is 0 Å². The maximum Gasteiger partial charge on any atom is 0.335 e. The monoisotopic (exact) mass is 377 g/mol. The number of anilines is 1. The van der Waals surface area contributed by atoms with Gasteiger partial charge in [-0.05, 0) is 41.3 Å². The fourth-order valence-corrected chi connectivity index (χ4v) is 3.32. The average molecular weight is 377 g/mol. The van der Waals surface area contributed by atoms with Gasteiger partial charge < -0.3 is 10.2 Å². The molecule has 26 heavy (non-hydrogen) atoms. The lowest BCUT2D eigenvalue weighted by Gasteiger charge is -2.19. The van der Waals surface area contributed by atoms with E-state index in [9.17, 15) is 18.0 Å². The van der Waals surface area contributed by atoms with Crippen LogP contribution in [0.1, 0.15) is 47.1 Å². The lowest BCUT2D eigenvalue weighted by molar-refractivity contribution is 0.0696. The van der Waals surface area contributed by atoms with Crippen molar-refractivity contribution < 1.29 is 28.2 Å². The first-order valence-corrected chi connectivity index (χ1v) is 9.13. The molecule has 2 rings (SSSR count). The molecule has 8 heteroatoms. The summed E-state index contributed by atoms with van der Waals surface area (Å²) in [5, 5.41) is 18.1. The molecule has 3 N–H and O–H groups in total. The minimum atomic E-state index is -4.00. The first kappa shape index (κ1) is 19.5. The molecule has 0 aromatic heterocycles. The maximum absolute atomic E-state index is 12.5. The molecule has 7 nitrogen and oxygen atoms in total. The van der Waals surface area contributed by atoms with Crippen LogP contribution in [0.15, 0.2) is 47.4 Å². The zero-order valence-corrected chi connectivity index (χ0v) is 15.3.